The second kappa shape index (κ2) is 5.84. The van der Waals surface area contributed by atoms with Gasteiger partial charge in [0, 0.05) is 0 Å². The van der Waals surface area contributed by atoms with Crippen molar-refractivity contribution in [2.75, 3.05) is 0 Å². The first-order valence-corrected chi connectivity index (χ1v) is 7.13. The number of hydrogen-bond acceptors (Lipinski definition) is 1. The molecule has 1 nitrogen and oxygen atoms in total. The molecule has 0 aliphatic heterocycles. The van der Waals surface area contributed by atoms with E-state index in [-0.39, 0.29) is 0 Å². The lowest BCUT2D eigenvalue weighted by molar-refractivity contribution is 0.483. The molecule has 0 fully saturated rings. The summed E-state index contributed by atoms with van der Waals surface area (Å²) in [5, 5.41) is 0. The minimum atomic E-state index is 0.857. The Balaban J connectivity index is 1.95. The van der Waals surface area contributed by atoms with Crippen LogP contribution in [0.15, 0.2) is 72.8 Å². The summed E-state index contributed by atoms with van der Waals surface area (Å²) < 4.78 is 5.91. The van der Waals surface area contributed by atoms with Crippen LogP contribution < -0.4 is 4.74 Å². The van der Waals surface area contributed by atoms with E-state index in [2.05, 4.69) is 44.2 Å². The Labute approximate surface area is 125 Å². The van der Waals surface area contributed by atoms with E-state index in [0.29, 0.717) is 0 Å². The van der Waals surface area contributed by atoms with Crippen LogP contribution in [-0.2, 0) is 0 Å². The van der Waals surface area contributed by atoms with Crippen LogP contribution in [0.1, 0.15) is 11.1 Å². The molecule has 0 bridgehead atoms. The highest BCUT2D eigenvalue weighted by Gasteiger charge is 2.04. The maximum atomic E-state index is 5.91. The highest BCUT2D eigenvalue weighted by Crippen LogP contribution is 2.29. The topological polar surface area (TPSA) is 9.23 Å². The minimum absolute atomic E-state index is 0.857. The summed E-state index contributed by atoms with van der Waals surface area (Å²) in [7, 11) is 0. The van der Waals surface area contributed by atoms with Crippen molar-refractivity contribution >= 4 is 0 Å². The molecule has 21 heavy (non-hydrogen) atoms. The van der Waals surface area contributed by atoms with Crippen LogP contribution in [0.3, 0.4) is 0 Å². The number of rotatable bonds is 3. The SMILES string of the molecule is Cc1ccc(C)c(-c2cccc(Oc3ccccc3)c2)c1. The zero-order valence-electron chi connectivity index (χ0n) is 12.3. The van der Waals surface area contributed by atoms with Crippen LogP contribution in [0.5, 0.6) is 11.5 Å². The molecule has 0 saturated carbocycles. The molecule has 3 rings (SSSR count). The third-order valence-corrected chi connectivity index (χ3v) is 3.52. The molecule has 3 aromatic rings. The van der Waals surface area contributed by atoms with Gasteiger partial charge in [0.1, 0.15) is 11.5 Å². The average molecular weight is 274 g/mol. The van der Waals surface area contributed by atoms with Gasteiger partial charge in [-0.2, -0.15) is 0 Å². The van der Waals surface area contributed by atoms with Crippen LogP contribution in [0, 0.1) is 13.8 Å². The first-order valence-electron chi connectivity index (χ1n) is 7.13. The largest absolute Gasteiger partial charge is 0.457 e. The Morgan fingerprint density at radius 2 is 1.43 bits per heavy atom. The van der Waals surface area contributed by atoms with Gasteiger partial charge in [-0.25, -0.2) is 0 Å². The Bertz CT molecular complexity index is 745. The average Bonchev–Trinajstić information content (AvgIpc) is 2.51. The van der Waals surface area contributed by atoms with Crippen LogP contribution in [0.4, 0.5) is 0 Å². The Hall–Kier alpha value is -2.54. The molecule has 0 radical (unpaired) electrons. The summed E-state index contributed by atoms with van der Waals surface area (Å²) in [5.74, 6) is 1.72. The van der Waals surface area contributed by atoms with E-state index in [1.807, 2.05) is 42.5 Å². The van der Waals surface area contributed by atoms with Crippen molar-refractivity contribution in [1.29, 1.82) is 0 Å². The molecule has 104 valence electrons. The monoisotopic (exact) mass is 274 g/mol. The zero-order chi connectivity index (χ0) is 14.7. The van der Waals surface area contributed by atoms with Gasteiger partial charge in [0.2, 0.25) is 0 Å². The summed E-state index contributed by atoms with van der Waals surface area (Å²) in [4.78, 5) is 0. The number of hydrogen-bond donors (Lipinski definition) is 0. The van der Waals surface area contributed by atoms with E-state index >= 15 is 0 Å². The van der Waals surface area contributed by atoms with Gasteiger partial charge in [-0.1, -0.05) is 54.1 Å². The summed E-state index contributed by atoms with van der Waals surface area (Å²) in [6.07, 6.45) is 0. The standard InChI is InChI=1S/C20H18O/c1-15-11-12-16(2)20(13-15)17-7-6-10-19(14-17)21-18-8-4-3-5-9-18/h3-14H,1-2H3. The van der Waals surface area contributed by atoms with Crippen molar-refractivity contribution in [1.82, 2.24) is 0 Å². The maximum absolute atomic E-state index is 5.91. The number of ether oxygens (including phenoxy) is 1. The molecule has 0 atom stereocenters. The van der Waals surface area contributed by atoms with Crippen molar-refractivity contribution in [2.45, 2.75) is 13.8 Å². The molecule has 0 N–H and O–H groups in total. The highest BCUT2D eigenvalue weighted by molar-refractivity contribution is 5.69. The first-order chi connectivity index (χ1) is 10.2. The molecule has 3 aromatic carbocycles. The summed E-state index contributed by atoms with van der Waals surface area (Å²) in [5.41, 5.74) is 4.99. The van der Waals surface area contributed by atoms with E-state index in [4.69, 9.17) is 4.74 Å². The molecular formula is C20H18O. The summed E-state index contributed by atoms with van der Waals surface area (Å²) >= 11 is 0. The lowest BCUT2D eigenvalue weighted by Crippen LogP contribution is -1.87. The van der Waals surface area contributed by atoms with Crippen molar-refractivity contribution in [3.8, 4) is 22.6 Å². The second-order valence-electron chi connectivity index (χ2n) is 5.26. The van der Waals surface area contributed by atoms with Gasteiger partial charge >= 0.3 is 0 Å². The normalized spacial score (nSPS) is 10.4. The van der Waals surface area contributed by atoms with Gasteiger partial charge in [-0.15, -0.1) is 0 Å². The van der Waals surface area contributed by atoms with Crippen LogP contribution in [-0.4, -0.2) is 0 Å². The molecule has 0 aliphatic carbocycles. The lowest BCUT2D eigenvalue weighted by atomic mass is 9.98. The molecule has 0 aromatic heterocycles. The van der Waals surface area contributed by atoms with Gasteiger partial charge in [-0.05, 0) is 54.8 Å². The molecule has 0 spiro atoms. The molecular weight excluding hydrogens is 256 g/mol. The van der Waals surface area contributed by atoms with Crippen molar-refractivity contribution in [2.24, 2.45) is 0 Å². The van der Waals surface area contributed by atoms with E-state index in [9.17, 15) is 0 Å². The molecule has 0 amide bonds. The van der Waals surface area contributed by atoms with Gasteiger partial charge in [0.25, 0.3) is 0 Å². The fourth-order valence-electron chi connectivity index (χ4n) is 2.40. The summed E-state index contributed by atoms with van der Waals surface area (Å²) in [6.45, 7) is 4.26. The second-order valence-corrected chi connectivity index (χ2v) is 5.26. The predicted molar refractivity (Wildman–Crippen MR) is 87.9 cm³/mol. The van der Waals surface area contributed by atoms with Crippen LogP contribution >= 0.6 is 0 Å². The quantitative estimate of drug-likeness (QED) is 0.589. The molecule has 0 heterocycles. The maximum Gasteiger partial charge on any atom is 0.128 e. The van der Waals surface area contributed by atoms with Gasteiger partial charge in [0.15, 0.2) is 0 Å². The zero-order valence-corrected chi connectivity index (χ0v) is 12.3. The third kappa shape index (κ3) is 3.14. The first kappa shape index (κ1) is 13.4. The molecule has 0 unspecified atom stereocenters. The van der Waals surface area contributed by atoms with Crippen molar-refractivity contribution in [3.63, 3.8) is 0 Å². The van der Waals surface area contributed by atoms with Gasteiger partial charge < -0.3 is 4.74 Å². The van der Waals surface area contributed by atoms with Gasteiger partial charge in [0.05, 0.1) is 0 Å². The van der Waals surface area contributed by atoms with Crippen molar-refractivity contribution in [3.05, 3.63) is 83.9 Å². The van der Waals surface area contributed by atoms with Crippen LogP contribution in [0.25, 0.3) is 11.1 Å². The fourth-order valence-corrected chi connectivity index (χ4v) is 2.40. The number of aryl methyl sites for hydroxylation is 2. The third-order valence-electron chi connectivity index (χ3n) is 3.52. The number of benzene rings is 3. The highest BCUT2D eigenvalue weighted by atomic mass is 16.5. The molecule has 0 aliphatic rings. The predicted octanol–water partition coefficient (Wildman–Crippen LogP) is 5.76. The smallest absolute Gasteiger partial charge is 0.128 e. The molecule has 1 heteroatoms. The lowest BCUT2D eigenvalue weighted by Gasteiger charge is -2.10. The Morgan fingerprint density at radius 3 is 2.24 bits per heavy atom. The Morgan fingerprint density at radius 1 is 0.667 bits per heavy atom. The minimum Gasteiger partial charge on any atom is -0.457 e. The number of para-hydroxylation sites is 1. The van der Waals surface area contributed by atoms with Gasteiger partial charge in [-0.3, -0.25) is 0 Å². The van der Waals surface area contributed by atoms with E-state index in [1.54, 1.807) is 0 Å². The summed E-state index contributed by atoms with van der Waals surface area (Å²) in [6, 6.07) is 24.6. The molecule has 0 saturated heterocycles. The fraction of sp³-hybridized carbons (Fsp3) is 0.100. The van der Waals surface area contributed by atoms with E-state index in [1.165, 1.54) is 22.3 Å². The Kier molecular flexibility index (Phi) is 3.74. The van der Waals surface area contributed by atoms with E-state index < -0.39 is 0 Å². The van der Waals surface area contributed by atoms with Crippen molar-refractivity contribution < 1.29 is 4.74 Å². The van der Waals surface area contributed by atoms with E-state index in [0.717, 1.165) is 11.5 Å². The van der Waals surface area contributed by atoms with Crippen LogP contribution in [0.2, 0.25) is 0 Å².